The molecule has 2 heterocycles. The molecule has 0 N–H and O–H groups in total. The number of piperidine rings is 1. The molecule has 1 aliphatic rings. The molecule has 0 aliphatic carbocycles. The summed E-state index contributed by atoms with van der Waals surface area (Å²) in [7, 11) is 2.16. The zero-order chi connectivity index (χ0) is 17.6. The van der Waals surface area contributed by atoms with Crippen LogP contribution in [0.2, 0.25) is 0 Å². The first kappa shape index (κ1) is 18.0. The van der Waals surface area contributed by atoms with E-state index in [4.69, 9.17) is 0 Å². The highest BCUT2D eigenvalue weighted by Crippen LogP contribution is 2.19. The number of hydrogen-bond donors (Lipinski definition) is 0. The van der Waals surface area contributed by atoms with Crippen molar-refractivity contribution in [1.29, 1.82) is 0 Å². The molecule has 3 rings (SSSR count). The smallest absolute Gasteiger partial charge is 0.127 e. The van der Waals surface area contributed by atoms with Crippen molar-refractivity contribution in [3.8, 4) is 0 Å². The van der Waals surface area contributed by atoms with Gasteiger partial charge in [-0.15, -0.1) is 0 Å². The van der Waals surface area contributed by atoms with Crippen LogP contribution in [0, 0.1) is 5.82 Å². The van der Waals surface area contributed by atoms with Crippen molar-refractivity contribution in [2.45, 2.75) is 45.3 Å². The largest absolute Gasteiger partial charge is 0.298 e. The fourth-order valence-electron chi connectivity index (χ4n) is 3.46. The molecule has 2 aromatic rings. The first-order chi connectivity index (χ1) is 12.2. The number of likely N-dealkylation sites (tertiary alicyclic amines) is 1. The van der Waals surface area contributed by atoms with Gasteiger partial charge in [0.05, 0.1) is 0 Å². The normalized spacial score (nSPS) is 18.6. The molecule has 25 heavy (non-hydrogen) atoms. The SMILES string of the molecule is CCc1ncc(CN(C)[C@@H]2CCCN(Cc3ccccc3F)C2)cn1. The Morgan fingerprint density at radius 2 is 2.00 bits per heavy atom. The van der Waals surface area contributed by atoms with Crippen LogP contribution in [0.25, 0.3) is 0 Å². The maximum atomic E-state index is 13.9. The third kappa shape index (κ3) is 4.83. The van der Waals surface area contributed by atoms with E-state index in [-0.39, 0.29) is 5.82 Å². The number of aryl methyl sites for hydroxylation is 1. The summed E-state index contributed by atoms with van der Waals surface area (Å²) < 4.78 is 13.9. The van der Waals surface area contributed by atoms with Crippen LogP contribution in [0.3, 0.4) is 0 Å². The molecule has 1 fully saturated rings. The summed E-state index contributed by atoms with van der Waals surface area (Å²) in [6.07, 6.45) is 7.06. The zero-order valence-corrected chi connectivity index (χ0v) is 15.2. The lowest BCUT2D eigenvalue weighted by Crippen LogP contribution is -2.45. The summed E-state index contributed by atoms with van der Waals surface area (Å²) in [6, 6.07) is 7.56. The van der Waals surface area contributed by atoms with Gasteiger partial charge < -0.3 is 0 Å². The van der Waals surface area contributed by atoms with Crippen LogP contribution in [-0.4, -0.2) is 45.9 Å². The van der Waals surface area contributed by atoms with Gasteiger partial charge in [-0.05, 0) is 32.5 Å². The van der Waals surface area contributed by atoms with E-state index in [0.717, 1.165) is 49.4 Å². The monoisotopic (exact) mass is 342 g/mol. The fourth-order valence-corrected chi connectivity index (χ4v) is 3.46. The number of nitrogens with zero attached hydrogens (tertiary/aromatic N) is 4. The van der Waals surface area contributed by atoms with E-state index in [1.807, 2.05) is 24.5 Å². The van der Waals surface area contributed by atoms with Crippen molar-refractivity contribution >= 4 is 0 Å². The fraction of sp³-hybridized carbons (Fsp3) is 0.500. The number of hydrogen-bond acceptors (Lipinski definition) is 4. The van der Waals surface area contributed by atoms with Gasteiger partial charge in [0.1, 0.15) is 11.6 Å². The van der Waals surface area contributed by atoms with Crippen molar-refractivity contribution < 1.29 is 4.39 Å². The van der Waals surface area contributed by atoms with Crippen LogP contribution >= 0.6 is 0 Å². The molecule has 0 unspecified atom stereocenters. The van der Waals surface area contributed by atoms with Crippen LogP contribution < -0.4 is 0 Å². The summed E-state index contributed by atoms with van der Waals surface area (Å²) in [5.41, 5.74) is 1.93. The van der Waals surface area contributed by atoms with Crippen molar-refractivity contribution in [2.24, 2.45) is 0 Å². The lowest BCUT2D eigenvalue weighted by molar-refractivity contribution is 0.106. The number of aromatic nitrogens is 2. The Morgan fingerprint density at radius 1 is 1.24 bits per heavy atom. The van der Waals surface area contributed by atoms with Gasteiger partial charge in [-0.3, -0.25) is 9.80 Å². The molecule has 5 heteroatoms. The average molecular weight is 342 g/mol. The molecule has 0 spiro atoms. The molecule has 0 bridgehead atoms. The number of rotatable bonds is 6. The minimum absolute atomic E-state index is 0.105. The second-order valence-electron chi connectivity index (χ2n) is 6.90. The molecule has 1 atom stereocenters. The van der Waals surface area contributed by atoms with Gasteiger partial charge in [0.15, 0.2) is 0 Å². The second kappa shape index (κ2) is 8.50. The third-order valence-electron chi connectivity index (χ3n) is 4.96. The van der Waals surface area contributed by atoms with Crippen molar-refractivity contribution in [1.82, 2.24) is 19.8 Å². The first-order valence-electron chi connectivity index (χ1n) is 9.11. The third-order valence-corrected chi connectivity index (χ3v) is 4.96. The average Bonchev–Trinajstić information content (AvgIpc) is 2.64. The quantitative estimate of drug-likeness (QED) is 0.806. The molecule has 1 aromatic carbocycles. The van der Waals surface area contributed by atoms with E-state index < -0.39 is 0 Å². The van der Waals surface area contributed by atoms with Crippen LogP contribution in [0.5, 0.6) is 0 Å². The van der Waals surface area contributed by atoms with Crippen LogP contribution in [0.4, 0.5) is 4.39 Å². The molecule has 1 aliphatic heterocycles. The number of halogens is 1. The van der Waals surface area contributed by atoms with E-state index in [1.165, 1.54) is 6.42 Å². The summed E-state index contributed by atoms with van der Waals surface area (Å²) in [4.78, 5) is 13.5. The Balaban J connectivity index is 1.57. The van der Waals surface area contributed by atoms with Gasteiger partial charge in [0, 0.05) is 55.6 Å². The molecule has 0 amide bonds. The summed E-state index contributed by atoms with van der Waals surface area (Å²) in [5.74, 6) is 0.784. The highest BCUT2D eigenvalue weighted by Gasteiger charge is 2.24. The Labute approximate surface area is 149 Å². The highest BCUT2D eigenvalue weighted by molar-refractivity contribution is 5.17. The van der Waals surface area contributed by atoms with E-state index in [9.17, 15) is 4.39 Å². The van der Waals surface area contributed by atoms with Gasteiger partial charge in [0.25, 0.3) is 0 Å². The molecular formula is C20H27FN4. The Bertz CT molecular complexity index is 674. The molecule has 1 aromatic heterocycles. The predicted molar refractivity (Wildman–Crippen MR) is 97.6 cm³/mol. The van der Waals surface area contributed by atoms with Crippen molar-refractivity contribution in [3.05, 3.63) is 59.4 Å². The molecule has 0 saturated carbocycles. The molecule has 1 saturated heterocycles. The summed E-state index contributed by atoms with van der Waals surface area (Å²) in [5, 5.41) is 0. The van der Waals surface area contributed by atoms with Gasteiger partial charge in [-0.2, -0.15) is 0 Å². The number of benzene rings is 1. The zero-order valence-electron chi connectivity index (χ0n) is 15.2. The molecule has 0 radical (unpaired) electrons. The van der Waals surface area contributed by atoms with Gasteiger partial charge >= 0.3 is 0 Å². The summed E-state index contributed by atoms with van der Waals surface area (Å²) >= 11 is 0. The molecule has 4 nitrogen and oxygen atoms in total. The maximum absolute atomic E-state index is 13.9. The Morgan fingerprint density at radius 3 is 2.72 bits per heavy atom. The van der Waals surface area contributed by atoms with Gasteiger partial charge in [-0.25, -0.2) is 14.4 Å². The lowest BCUT2D eigenvalue weighted by atomic mass is 10.0. The van der Waals surface area contributed by atoms with E-state index >= 15 is 0 Å². The minimum atomic E-state index is -0.105. The second-order valence-corrected chi connectivity index (χ2v) is 6.90. The molecule has 134 valence electrons. The van der Waals surface area contributed by atoms with E-state index in [2.05, 4.69) is 33.7 Å². The van der Waals surface area contributed by atoms with Crippen LogP contribution in [-0.2, 0) is 19.5 Å². The summed E-state index contributed by atoms with van der Waals surface area (Å²) in [6.45, 7) is 5.60. The topological polar surface area (TPSA) is 32.3 Å². The first-order valence-corrected chi connectivity index (χ1v) is 9.11. The van der Waals surface area contributed by atoms with E-state index in [1.54, 1.807) is 12.1 Å². The standard InChI is InChI=1S/C20H27FN4/c1-3-20-22-11-16(12-23-20)13-24(2)18-8-6-10-25(15-18)14-17-7-4-5-9-19(17)21/h4-5,7,9,11-12,18H,3,6,8,10,13-15H2,1-2H3/t18-/m1/s1. The predicted octanol–water partition coefficient (Wildman–Crippen LogP) is 3.27. The van der Waals surface area contributed by atoms with Crippen LogP contribution in [0.1, 0.15) is 36.7 Å². The molecular weight excluding hydrogens is 315 g/mol. The van der Waals surface area contributed by atoms with Gasteiger partial charge in [-0.1, -0.05) is 25.1 Å². The van der Waals surface area contributed by atoms with Crippen LogP contribution in [0.15, 0.2) is 36.7 Å². The van der Waals surface area contributed by atoms with Crippen molar-refractivity contribution in [3.63, 3.8) is 0 Å². The Hall–Kier alpha value is -1.85. The van der Waals surface area contributed by atoms with Gasteiger partial charge in [0.2, 0.25) is 0 Å². The number of likely N-dealkylation sites (N-methyl/N-ethyl adjacent to an activating group) is 1. The highest BCUT2D eigenvalue weighted by atomic mass is 19.1. The minimum Gasteiger partial charge on any atom is -0.298 e. The van der Waals surface area contributed by atoms with E-state index in [0.29, 0.717) is 12.6 Å². The lowest BCUT2D eigenvalue weighted by Gasteiger charge is -2.37. The Kier molecular flexibility index (Phi) is 6.10. The maximum Gasteiger partial charge on any atom is 0.127 e. The van der Waals surface area contributed by atoms with Crippen molar-refractivity contribution in [2.75, 3.05) is 20.1 Å².